The van der Waals surface area contributed by atoms with E-state index >= 15 is 0 Å². The summed E-state index contributed by atoms with van der Waals surface area (Å²) in [4.78, 5) is 11.2. The fourth-order valence-corrected chi connectivity index (χ4v) is 1.68. The molecule has 2 rings (SSSR count). The second-order valence-corrected chi connectivity index (χ2v) is 3.80. The number of nitrogens with one attached hydrogen (secondary N) is 1. The molecule has 1 atom stereocenters. The molecule has 2 N–H and O–H groups in total. The maximum Gasteiger partial charge on any atom is 0.330 e. The normalized spacial score (nSPS) is 11.8. The topological polar surface area (TPSA) is 49.3 Å². The molecular weight excluding hydrogens is 233 g/mol. The largest absolute Gasteiger partial charge is 0.479 e. The Morgan fingerprint density at radius 2 is 1.67 bits per heavy atom. The van der Waals surface area contributed by atoms with E-state index in [1.54, 1.807) is 30.3 Å². The van der Waals surface area contributed by atoms with E-state index < -0.39 is 17.8 Å². The number of carboxylic acid groups (broad SMARTS) is 1. The van der Waals surface area contributed by atoms with E-state index in [9.17, 15) is 14.3 Å². The van der Waals surface area contributed by atoms with Gasteiger partial charge >= 0.3 is 5.97 Å². The zero-order chi connectivity index (χ0) is 13.0. The summed E-state index contributed by atoms with van der Waals surface area (Å²) in [6.07, 6.45) is 0. The summed E-state index contributed by atoms with van der Waals surface area (Å²) in [5.41, 5.74) is 0.752. The molecule has 3 nitrogen and oxygen atoms in total. The lowest BCUT2D eigenvalue weighted by Crippen LogP contribution is -2.21. The first kappa shape index (κ1) is 12.1. The molecule has 0 saturated carbocycles. The van der Waals surface area contributed by atoms with Crippen LogP contribution in [0.3, 0.4) is 0 Å². The molecule has 2 aromatic rings. The lowest BCUT2D eigenvalue weighted by atomic mass is 10.1. The van der Waals surface area contributed by atoms with Crippen LogP contribution in [0.15, 0.2) is 54.6 Å². The summed E-state index contributed by atoms with van der Waals surface area (Å²) in [7, 11) is 0. The minimum Gasteiger partial charge on any atom is -0.479 e. The molecule has 0 amide bonds. The van der Waals surface area contributed by atoms with E-state index in [1.807, 2.05) is 6.07 Å². The van der Waals surface area contributed by atoms with Crippen molar-refractivity contribution in [1.29, 1.82) is 0 Å². The van der Waals surface area contributed by atoms with Crippen molar-refractivity contribution >= 4 is 11.7 Å². The van der Waals surface area contributed by atoms with Crippen molar-refractivity contribution in [3.8, 4) is 0 Å². The highest BCUT2D eigenvalue weighted by Gasteiger charge is 2.22. The Morgan fingerprint density at radius 3 is 2.28 bits per heavy atom. The second-order valence-electron chi connectivity index (χ2n) is 3.80. The van der Waals surface area contributed by atoms with E-state index in [2.05, 4.69) is 5.32 Å². The summed E-state index contributed by atoms with van der Waals surface area (Å²) in [6.45, 7) is 0. The van der Waals surface area contributed by atoms with Gasteiger partial charge in [-0.05, 0) is 18.2 Å². The first-order valence-electron chi connectivity index (χ1n) is 5.47. The van der Waals surface area contributed by atoms with Gasteiger partial charge in [-0.15, -0.1) is 0 Å². The molecule has 0 bridgehead atoms. The van der Waals surface area contributed by atoms with Crippen molar-refractivity contribution in [3.63, 3.8) is 0 Å². The van der Waals surface area contributed by atoms with Crippen LogP contribution >= 0.6 is 0 Å². The van der Waals surface area contributed by atoms with Crippen LogP contribution in [0.2, 0.25) is 0 Å². The van der Waals surface area contributed by atoms with Crippen LogP contribution in [0.5, 0.6) is 0 Å². The summed E-state index contributed by atoms with van der Waals surface area (Å²) in [6, 6.07) is 13.6. The van der Waals surface area contributed by atoms with Crippen LogP contribution in [0, 0.1) is 5.82 Å². The Bertz CT molecular complexity index is 543. The lowest BCUT2D eigenvalue weighted by molar-refractivity contribution is -0.138. The van der Waals surface area contributed by atoms with E-state index in [-0.39, 0.29) is 5.56 Å². The number of benzene rings is 2. The second kappa shape index (κ2) is 5.31. The number of carbonyl (C=O) groups is 1. The van der Waals surface area contributed by atoms with E-state index in [1.165, 1.54) is 18.2 Å². The average Bonchev–Trinajstić information content (AvgIpc) is 2.38. The molecule has 2 aromatic carbocycles. The predicted octanol–water partition coefficient (Wildman–Crippen LogP) is 3.06. The molecule has 0 fully saturated rings. The maximum atomic E-state index is 13.6. The number of rotatable bonds is 4. The molecule has 0 aliphatic rings. The van der Waals surface area contributed by atoms with Gasteiger partial charge in [-0.1, -0.05) is 36.4 Å². The highest BCUT2D eigenvalue weighted by Crippen LogP contribution is 2.22. The maximum absolute atomic E-state index is 13.6. The van der Waals surface area contributed by atoms with Crippen molar-refractivity contribution in [2.45, 2.75) is 6.04 Å². The molecular formula is C14H12FNO2. The van der Waals surface area contributed by atoms with Crippen molar-refractivity contribution in [2.75, 3.05) is 5.32 Å². The van der Waals surface area contributed by atoms with Gasteiger partial charge in [0.25, 0.3) is 0 Å². The van der Waals surface area contributed by atoms with Crippen LogP contribution in [-0.4, -0.2) is 11.1 Å². The molecule has 0 aliphatic heterocycles. The average molecular weight is 245 g/mol. The van der Waals surface area contributed by atoms with Gasteiger partial charge in [0.15, 0.2) is 6.04 Å². The summed E-state index contributed by atoms with van der Waals surface area (Å²) < 4.78 is 13.6. The Balaban J connectivity index is 2.30. The van der Waals surface area contributed by atoms with Gasteiger partial charge in [0.05, 0.1) is 0 Å². The molecule has 0 spiro atoms. The summed E-state index contributed by atoms with van der Waals surface area (Å²) in [5.74, 6) is -1.66. The standard InChI is InChI=1S/C14H12FNO2/c15-12-9-5-4-8-11(12)13(14(17)18)16-10-6-2-1-3-7-10/h1-9,13,16H,(H,17,18)/t13-/m1/s1. The third-order valence-electron chi connectivity index (χ3n) is 2.55. The summed E-state index contributed by atoms with van der Waals surface area (Å²) >= 11 is 0. The molecule has 0 aliphatic carbocycles. The van der Waals surface area contributed by atoms with Crippen LogP contribution in [0.25, 0.3) is 0 Å². The number of anilines is 1. The number of hydrogen-bond acceptors (Lipinski definition) is 2. The fraction of sp³-hybridized carbons (Fsp3) is 0.0714. The lowest BCUT2D eigenvalue weighted by Gasteiger charge is -2.16. The smallest absolute Gasteiger partial charge is 0.330 e. The Labute approximate surface area is 104 Å². The fourth-order valence-electron chi connectivity index (χ4n) is 1.68. The molecule has 0 radical (unpaired) electrons. The van der Waals surface area contributed by atoms with Gasteiger partial charge < -0.3 is 10.4 Å². The predicted molar refractivity (Wildman–Crippen MR) is 66.8 cm³/mol. The van der Waals surface area contributed by atoms with Crippen LogP contribution in [0.1, 0.15) is 11.6 Å². The Hall–Kier alpha value is -2.36. The minimum absolute atomic E-state index is 0.119. The zero-order valence-corrected chi connectivity index (χ0v) is 9.51. The zero-order valence-electron chi connectivity index (χ0n) is 9.51. The SMILES string of the molecule is O=C(O)[C@H](Nc1ccccc1)c1ccccc1F. The van der Waals surface area contributed by atoms with Crippen LogP contribution in [-0.2, 0) is 4.79 Å². The van der Waals surface area contributed by atoms with E-state index in [4.69, 9.17) is 0 Å². The molecule has 0 saturated heterocycles. The molecule has 0 unspecified atom stereocenters. The van der Waals surface area contributed by atoms with Crippen LogP contribution < -0.4 is 5.32 Å². The number of hydrogen-bond donors (Lipinski definition) is 2. The van der Waals surface area contributed by atoms with Gasteiger partial charge in [-0.3, -0.25) is 0 Å². The Kier molecular flexibility index (Phi) is 3.57. The van der Waals surface area contributed by atoms with Crippen molar-refractivity contribution in [1.82, 2.24) is 0 Å². The van der Waals surface area contributed by atoms with E-state index in [0.717, 1.165) is 0 Å². The van der Waals surface area contributed by atoms with Crippen molar-refractivity contribution in [2.24, 2.45) is 0 Å². The number of para-hydroxylation sites is 1. The van der Waals surface area contributed by atoms with Crippen molar-refractivity contribution in [3.05, 3.63) is 66.0 Å². The highest BCUT2D eigenvalue weighted by atomic mass is 19.1. The van der Waals surface area contributed by atoms with Gasteiger partial charge in [0, 0.05) is 11.3 Å². The Morgan fingerprint density at radius 1 is 1.06 bits per heavy atom. The van der Waals surface area contributed by atoms with Gasteiger partial charge in [0.2, 0.25) is 0 Å². The monoisotopic (exact) mass is 245 g/mol. The molecule has 92 valence electrons. The summed E-state index contributed by atoms with van der Waals surface area (Å²) in [5, 5.41) is 12.0. The number of carboxylic acids is 1. The molecule has 0 aromatic heterocycles. The van der Waals surface area contributed by atoms with Gasteiger partial charge in [-0.25, -0.2) is 9.18 Å². The van der Waals surface area contributed by atoms with Gasteiger partial charge in [0.1, 0.15) is 5.82 Å². The van der Waals surface area contributed by atoms with Crippen molar-refractivity contribution < 1.29 is 14.3 Å². The van der Waals surface area contributed by atoms with Gasteiger partial charge in [-0.2, -0.15) is 0 Å². The van der Waals surface area contributed by atoms with E-state index in [0.29, 0.717) is 5.69 Å². The first-order valence-corrected chi connectivity index (χ1v) is 5.47. The number of aliphatic carboxylic acids is 1. The third kappa shape index (κ3) is 2.66. The number of halogens is 1. The first-order chi connectivity index (χ1) is 8.68. The third-order valence-corrected chi connectivity index (χ3v) is 2.55. The molecule has 18 heavy (non-hydrogen) atoms. The van der Waals surface area contributed by atoms with Crippen LogP contribution in [0.4, 0.5) is 10.1 Å². The highest BCUT2D eigenvalue weighted by molar-refractivity contribution is 5.79. The minimum atomic E-state index is -1.12. The quantitative estimate of drug-likeness (QED) is 0.870. The molecule has 0 heterocycles. The molecule has 4 heteroatoms.